The number of urea groups is 2. The van der Waals surface area contributed by atoms with E-state index in [1.807, 2.05) is 60.7 Å². The Kier molecular flexibility index (Phi) is 28.8. The number of aliphatic hydroxyl groups excluding tert-OH is 6. The zero-order valence-electron chi connectivity index (χ0n) is 52.7. The maximum atomic E-state index is 13.0. The average Bonchev–Trinajstić information content (AvgIpc) is 0.778. The van der Waals surface area contributed by atoms with Crippen molar-refractivity contribution in [3.05, 3.63) is 145 Å². The van der Waals surface area contributed by atoms with E-state index in [1.54, 1.807) is 72.8 Å². The van der Waals surface area contributed by atoms with E-state index < -0.39 is 146 Å². The van der Waals surface area contributed by atoms with Crippen LogP contribution < -0.4 is 42.5 Å². The lowest BCUT2D eigenvalue weighted by Crippen LogP contribution is -2.68. The first-order chi connectivity index (χ1) is 46.0. The number of carbonyl (C=O) groups excluding carboxylic acids is 6. The quantitative estimate of drug-likeness (QED) is 0.0263. The number of carboxylic acid groups (broad SMARTS) is 2. The lowest BCUT2D eigenvalue weighted by Gasteiger charge is -2.46. The van der Waals surface area contributed by atoms with Crippen molar-refractivity contribution in [2.75, 3.05) is 73.0 Å². The number of rotatable bonds is 34. The first-order valence-corrected chi connectivity index (χ1v) is 33.2. The number of thioether (sulfide) groups is 2. The van der Waals surface area contributed by atoms with Crippen molar-refractivity contribution in [2.24, 2.45) is 0 Å². The number of ether oxygens (including phenoxy) is 4. The summed E-state index contributed by atoms with van der Waals surface area (Å²) in [6, 6.07) is 35.0. The van der Waals surface area contributed by atoms with Gasteiger partial charge in [-0.25, -0.2) is 19.2 Å². The molecule has 518 valence electrons. The molecule has 2 saturated heterocycles. The van der Waals surface area contributed by atoms with Crippen LogP contribution in [0.25, 0.3) is 22.3 Å². The molecule has 0 radical (unpaired) electrons. The molecule has 30 heteroatoms. The molecule has 0 aliphatic carbocycles. The summed E-state index contributed by atoms with van der Waals surface area (Å²) in [6.45, 7) is 1.42. The van der Waals surface area contributed by atoms with E-state index in [-0.39, 0.29) is 37.4 Å². The molecule has 7 rings (SSSR count). The van der Waals surface area contributed by atoms with E-state index in [1.165, 1.54) is 23.5 Å². The monoisotopic (exact) mass is 1370 g/mol. The second kappa shape index (κ2) is 36.8. The number of carbonyl (C=O) groups is 8. The van der Waals surface area contributed by atoms with Crippen LogP contribution in [0.15, 0.2) is 133 Å². The molecular weight excluding hydrogens is 1290 g/mol. The molecule has 2 fully saturated rings. The van der Waals surface area contributed by atoms with Gasteiger partial charge in [-0.1, -0.05) is 84.9 Å². The zero-order chi connectivity index (χ0) is 69.4. The maximum absolute atomic E-state index is 13.0. The fraction of sp³-hybridized carbons (Fsp3) is 0.424. The molecular formula is C66H82N8O20S2. The van der Waals surface area contributed by atoms with Gasteiger partial charge < -0.3 is 102 Å². The summed E-state index contributed by atoms with van der Waals surface area (Å²) in [5.74, 6) is -8.83. The van der Waals surface area contributed by atoms with E-state index >= 15 is 0 Å². The highest BCUT2D eigenvalue weighted by Gasteiger charge is 2.57. The van der Waals surface area contributed by atoms with Gasteiger partial charge in [0, 0.05) is 86.9 Å². The third kappa shape index (κ3) is 21.9. The van der Waals surface area contributed by atoms with Crippen molar-refractivity contribution in [1.82, 2.24) is 31.9 Å². The molecule has 0 saturated carbocycles. The second-order valence-electron chi connectivity index (χ2n) is 22.7. The molecule has 96 heavy (non-hydrogen) atoms. The Labute approximate surface area is 562 Å². The molecule has 2 aliphatic heterocycles. The van der Waals surface area contributed by atoms with Crippen molar-refractivity contribution < 1.29 is 98.2 Å². The molecule has 2 heterocycles. The largest absolute Gasteiger partial charge is 0.477 e. The highest BCUT2D eigenvalue weighted by Crippen LogP contribution is 2.36. The Balaban J connectivity index is 0.752. The minimum absolute atomic E-state index is 0.181. The van der Waals surface area contributed by atoms with Gasteiger partial charge in [0.2, 0.25) is 11.8 Å². The molecule has 0 unspecified atom stereocenters. The maximum Gasteiger partial charge on any atom is 0.364 e. The standard InChI is InChI=1S/C66H82N8O20S2/c1-39(75)71-53-49(77)35-65(61(85)86,93-57(53)55(81)51(79)37-69-59(83)45-19-15-43(16-20-45)41-11-5-3-6-12-41)91-29-9-31-95-33-27-67-63(89)73-47-23-25-48(26-24-47)74-64(90)68-28-34-96-32-10-30-92-66(62(87)88)36-50(78)54(72-40(2)76)58(94-66)56(82)52(80)38-70-60(84)46-21-17-44(18-22-46)42-13-7-4-8-14-42/h3-8,11-26,49-58,77-82H,9-10,27-38H2,1-2H3,(H,69,83)(H,70,84)(H,71,75)(H,72,76)(H,85,86)(H,87,88)(H2,67,73,89)(H2,68,74,90)/t49-,50-,51+,52+,53+,54+,55+,56+,57+,58+,65+,66+/m0/s1. The summed E-state index contributed by atoms with van der Waals surface area (Å²) in [4.78, 5) is 101. The van der Waals surface area contributed by atoms with Gasteiger partial charge in [-0.2, -0.15) is 23.5 Å². The fourth-order valence-corrected chi connectivity index (χ4v) is 12.1. The predicted molar refractivity (Wildman–Crippen MR) is 356 cm³/mol. The summed E-state index contributed by atoms with van der Waals surface area (Å²) in [5.41, 5.74) is 5.03. The lowest BCUT2D eigenvalue weighted by atomic mass is 9.88. The third-order valence-corrected chi connectivity index (χ3v) is 17.6. The number of carboxylic acids is 2. The van der Waals surface area contributed by atoms with Gasteiger partial charge in [-0.05, 0) is 95.1 Å². The highest BCUT2D eigenvalue weighted by atomic mass is 32.2. The van der Waals surface area contributed by atoms with Crippen molar-refractivity contribution >= 4 is 82.5 Å². The number of aliphatic hydroxyl groups is 6. The fourth-order valence-electron chi connectivity index (χ4n) is 10.5. The molecule has 5 aromatic carbocycles. The van der Waals surface area contributed by atoms with E-state index in [0.717, 1.165) is 36.1 Å². The van der Waals surface area contributed by atoms with Crippen LogP contribution in [-0.4, -0.2) is 223 Å². The highest BCUT2D eigenvalue weighted by molar-refractivity contribution is 7.99. The van der Waals surface area contributed by atoms with Crippen molar-refractivity contribution in [3.8, 4) is 22.3 Å². The first-order valence-electron chi connectivity index (χ1n) is 30.9. The average molecular weight is 1370 g/mol. The van der Waals surface area contributed by atoms with Crippen LogP contribution in [0.3, 0.4) is 0 Å². The summed E-state index contributed by atoms with van der Waals surface area (Å²) >= 11 is 2.84. The normalized spacial score (nSPS) is 22.0. The Morgan fingerprint density at radius 1 is 0.490 bits per heavy atom. The molecule has 2 aliphatic rings. The van der Waals surface area contributed by atoms with E-state index in [4.69, 9.17) is 18.9 Å². The number of hydrogen-bond acceptors (Lipinski definition) is 20. The molecule has 0 aromatic heterocycles. The Bertz CT molecular complexity index is 3150. The number of hydrogen-bond donors (Lipinski definition) is 16. The summed E-state index contributed by atoms with van der Waals surface area (Å²) in [7, 11) is 0. The smallest absolute Gasteiger partial charge is 0.364 e. The van der Waals surface area contributed by atoms with Crippen LogP contribution in [0, 0.1) is 0 Å². The van der Waals surface area contributed by atoms with Crippen molar-refractivity contribution in [3.63, 3.8) is 0 Å². The predicted octanol–water partition coefficient (Wildman–Crippen LogP) is 2.72. The minimum Gasteiger partial charge on any atom is -0.477 e. The van der Waals surface area contributed by atoms with Gasteiger partial charge >= 0.3 is 24.0 Å². The molecule has 5 aromatic rings. The first kappa shape index (κ1) is 75.1. The van der Waals surface area contributed by atoms with Crippen molar-refractivity contribution in [1.29, 1.82) is 0 Å². The van der Waals surface area contributed by atoms with Crippen LogP contribution in [0.4, 0.5) is 21.0 Å². The Hall–Kier alpha value is -8.24. The molecule has 16 N–H and O–H groups in total. The van der Waals surface area contributed by atoms with E-state index in [2.05, 4.69) is 42.5 Å². The summed E-state index contributed by atoms with van der Waals surface area (Å²) in [6.07, 6.45) is -14.7. The summed E-state index contributed by atoms with van der Waals surface area (Å²) in [5, 5.41) is 108. The third-order valence-electron chi connectivity index (χ3n) is 15.5. The number of anilines is 2. The number of aliphatic carboxylic acids is 2. The van der Waals surface area contributed by atoms with Gasteiger partial charge in [0.1, 0.15) is 24.4 Å². The zero-order valence-corrected chi connectivity index (χ0v) is 54.3. The topological polar surface area (TPSA) is 432 Å². The van der Waals surface area contributed by atoms with Crippen LogP contribution in [-0.2, 0) is 38.1 Å². The van der Waals surface area contributed by atoms with Crippen LogP contribution in [0.1, 0.15) is 60.2 Å². The Morgan fingerprint density at radius 3 is 1.17 bits per heavy atom. The molecule has 8 amide bonds. The minimum atomic E-state index is -2.49. The van der Waals surface area contributed by atoms with Gasteiger partial charge in [-0.15, -0.1) is 0 Å². The second-order valence-corrected chi connectivity index (χ2v) is 25.1. The number of benzene rings is 5. The van der Waals surface area contributed by atoms with Crippen LogP contribution >= 0.6 is 23.5 Å². The van der Waals surface area contributed by atoms with Gasteiger partial charge in [0.15, 0.2) is 0 Å². The number of amides is 8. The van der Waals surface area contributed by atoms with Gasteiger partial charge in [0.25, 0.3) is 23.4 Å². The lowest BCUT2D eigenvalue weighted by molar-refractivity contribution is -0.310. The van der Waals surface area contributed by atoms with E-state index in [9.17, 15) is 79.2 Å². The van der Waals surface area contributed by atoms with Crippen molar-refractivity contribution in [2.45, 2.75) is 112 Å². The van der Waals surface area contributed by atoms with Crippen LogP contribution in [0.2, 0.25) is 0 Å². The molecule has 28 nitrogen and oxygen atoms in total. The van der Waals surface area contributed by atoms with E-state index in [0.29, 0.717) is 47.2 Å². The SMILES string of the molecule is CC(=O)N[C@H]1[C@H]([C@H](O)[C@H](O)CNC(=O)c2ccc(-c3ccccc3)cc2)O[C@@](OCCCSCCNC(=O)Nc2ccc(NC(=O)NCCSCCCO[C@]3(C(=O)O)C[C@H](O)[C@@H](NC(C)=O)[C@H]([C@H](O)[C@H](O)CNC(=O)c4ccc(-c5ccccc5)cc4)O3)cc2)(C(=O)O)C[C@@H]1O. The van der Waals surface area contributed by atoms with Gasteiger partial charge in [-0.3, -0.25) is 19.2 Å². The molecule has 0 bridgehead atoms. The van der Waals surface area contributed by atoms with Gasteiger partial charge in [0.05, 0.1) is 49.7 Å². The van der Waals surface area contributed by atoms with Crippen LogP contribution in [0.5, 0.6) is 0 Å². The molecule has 0 spiro atoms. The summed E-state index contributed by atoms with van der Waals surface area (Å²) < 4.78 is 23.1. The number of nitrogens with one attached hydrogen (secondary N) is 8. The Morgan fingerprint density at radius 2 is 0.833 bits per heavy atom. The molecule has 12 atom stereocenters.